The van der Waals surface area contributed by atoms with Gasteiger partial charge in [-0.2, -0.15) is 0 Å². The molecule has 10 heteroatoms. The molecule has 0 aliphatic carbocycles. The van der Waals surface area contributed by atoms with Crippen LogP contribution >= 0.6 is 23.1 Å². The molecule has 0 atom stereocenters. The van der Waals surface area contributed by atoms with Crippen LogP contribution in [0.25, 0.3) is 11.3 Å². The third kappa shape index (κ3) is 7.21. The maximum Gasteiger partial charge on any atom is 0.249 e. The first-order valence-electron chi connectivity index (χ1n) is 12.4. The number of anilines is 1. The van der Waals surface area contributed by atoms with Crippen molar-refractivity contribution in [1.82, 2.24) is 19.9 Å². The molecular formula is C29H31N5O3S2. The number of nitrogens with one attached hydrogen (secondary N) is 1. The number of aryl methyl sites for hydroxylation is 2. The van der Waals surface area contributed by atoms with Crippen LogP contribution in [0.2, 0.25) is 0 Å². The Bertz CT molecular complexity index is 1420. The molecule has 4 rings (SSSR count). The van der Waals surface area contributed by atoms with Gasteiger partial charge >= 0.3 is 0 Å². The number of rotatable bonds is 10. The summed E-state index contributed by atoms with van der Waals surface area (Å²) in [6, 6.07) is 18.8. The average Bonchev–Trinajstić information content (AvgIpc) is 3.39. The maximum absolute atomic E-state index is 13.7. The number of nitrogens with zero attached hydrogens (tertiary/aromatic N) is 4. The minimum atomic E-state index is -1.18. The lowest BCUT2D eigenvalue weighted by Gasteiger charge is -2.37. The van der Waals surface area contributed by atoms with Crippen LogP contribution in [0.4, 0.5) is 5.69 Å². The van der Waals surface area contributed by atoms with Gasteiger partial charge in [-0.3, -0.25) is 9.59 Å². The van der Waals surface area contributed by atoms with E-state index >= 15 is 0 Å². The number of hydrogen-bond donors (Lipinski definition) is 1. The zero-order valence-corrected chi connectivity index (χ0v) is 24.2. The maximum atomic E-state index is 13.7. The fourth-order valence-electron chi connectivity index (χ4n) is 3.90. The van der Waals surface area contributed by atoms with Crippen molar-refractivity contribution in [2.75, 3.05) is 18.2 Å². The molecule has 2 aromatic carbocycles. The van der Waals surface area contributed by atoms with Gasteiger partial charge < -0.3 is 15.0 Å². The Morgan fingerprint density at radius 3 is 2.31 bits per heavy atom. The normalized spacial score (nSPS) is 11.2. The lowest BCUT2D eigenvalue weighted by Crippen LogP contribution is -2.55. The van der Waals surface area contributed by atoms with Crippen molar-refractivity contribution >= 4 is 40.6 Å². The number of aromatic nitrogens is 3. The zero-order chi connectivity index (χ0) is 28.0. The van der Waals surface area contributed by atoms with Crippen LogP contribution in [0.15, 0.2) is 71.2 Å². The van der Waals surface area contributed by atoms with Crippen molar-refractivity contribution < 1.29 is 14.3 Å². The first-order chi connectivity index (χ1) is 18.7. The number of thiazole rings is 1. The Kier molecular flexibility index (Phi) is 8.98. The number of thioether (sulfide) groups is 1. The van der Waals surface area contributed by atoms with E-state index < -0.39 is 5.54 Å². The Morgan fingerprint density at radius 1 is 1.00 bits per heavy atom. The summed E-state index contributed by atoms with van der Waals surface area (Å²) in [6.45, 7) is 7.47. The van der Waals surface area contributed by atoms with Crippen molar-refractivity contribution in [3.8, 4) is 17.0 Å². The van der Waals surface area contributed by atoms with E-state index in [1.807, 2.05) is 55.6 Å². The molecule has 0 unspecified atom stereocenters. The van der Waals surface area contributed by atoms with E-state index in [2.05, 4.69) is 15.3 Å². The van der Waals surface area contributed by atoms with Crippen molar-refractivity contribution in [2.45, 2.75) is 44.9 Å². The van der Waals surface area contributed by atoms with Crippen LogP contribution in [-0.2, 0) is 16.1 Å². The van der Waals surface area contributed by atoms with Crippen LogP contribution in [0.3, 0.4) is 0 Å². The second-order valence-electron chi connectivity index (χ2n) is 9.44. The summed E-state index contributed by atoms with van der Waals surface area (Å²) in [7, 11) is 1.59. The number of amides is 2. The summed E-state index contributed by atoms with van der Waals surface area (Å²) in [5.41, 5.74) is 2.94. The molecule has 0 bridgehead atoms. The highest BCUT2D eigenvalue weighted by molar-refractivity contribution is 7.99. The van der Waals surface area contributed by atoms with Gasteiger partial charge in [0, 0.05) is 28.0 Å². The number of carbonyl (C=O) groups excluding carboxylic acids is 2. The van der Waals surface area contributed by atoms with Crippen molar-refractivity contribution in [3.63, 3.8) is 0 Å². The number of benzene rings is 2. The van der Waals surface area contributed by atoms with Gasteiger partial charge in [-0.05, 0) is 58.0 Å². The van der Waals surface area contributed by atoms with E-state index in [0.29, 0.717) is 16.6 Å². The topological polar surface area (TPSA) is 97.3 Å². The number of carbonyl (C=O) groups is 2. The summed E-state index contributed by atoms with van der Waals surface area (Å²) in [5, 5.41) is 6.17. The lowest BCUT2D eigenvalue weighted by atomic mass is 10.0. The Hall–Kier alpha value is -3.76. The molecule has 0 aliphatic rings. The van der Waals surface area contributed by atoms with Crippen molar-refractivity contribution in [1.29, 1.82) is 0 Å². The molecule has 4 aromatic rings. The predicted molar refractivity (Wildman–Crippen MR) is 156 cm³/mol. The molecule has 8 nitrogen and oxygen atoms in total. The third-order valence-corrected chi connectivity index (χ3v) is 7.75. The molecule has 0 radical (unpaired) electrons. The van der Waals surface area contributed by atoms with Crippen molar-refractivity contribution in [3.05, 3.63) is 82.4 Å². The van der Waals surface area contributed by atoms with E-state index in [9.17, 15) is 9.59 Å². The Morgan fingerprint density at radius 2 is 1.67 bits per heavy atom. The fourth-order valence-corrected chi connectivity index (χ4v) is 5.52. The second kappa shape index (κ2) is 12.4. The first kappa shape index (κ1) is 28.3. The zero-order valence-electron chi connectivity index (χ0n) is 22.6. The molecule has 1 N–H and O–H groups in total. The molecular weight excluding hydrogens is 530 g/mol. The average molecular weight is 562 g/mol. The quantitative estimate of drug-likeness (QED) is 0.194. The fraction of sp³-hybridized carbons (Fsp3) is 0.276. The van der Waals surface area contributed by atoms with Gasteiger partial charge in [0.05, 0.1) is 25.1 Å². The van der Waals surface area contributed by atoms with E-state index in [1.165, 1.54) is 23.1 Å². The first-order valence-corrected chi connectivity index (χ1v) is 14.2. The molecule has 2 heterocycles. The highest BCUT2D eigenvalue weighted by Gasteiger charge is 2.38. The largest absolute Gasteiger partial charge is 0.497 e. The van der Waals surface area contributed by atoms with Gasteiger partial charge in [-0.15, -0.1) is 11.3 Å². The number of methoxy groups -OCH3 is 1. The summed E-state index contributed by atoms with van der Waals surface area (Å²) in [6.07, 6.45) is 0. The molecule has 0 aliphatic heterocycles. The number of hydrogen-bond acceptors (Lipinski definition) is 8. The van der Waals surface area contributed by atoms with Crippen LogP contribution in [0.1, 0.15) is 30.2 Å². The van der Waals surface area contributed by atoms with Crippen LogP contribution in [0, 0.1) is 13.8 Å². The standard InChI is InChI=1S/C29H31N5O3S2/c1-19-15-20(2)31-28(30-19)39-18-26(35)34(16-25-33-24(17-38-25)21-9-7-6-8-10-21)29(3,4)27(36)32-22-11-13-23(37-5)14-12-22/h6-15,17H,16,18H2,1-5H3,(H,32,36). The SMILES string of the molecule is COc1ccc(NC(=O)C(C)(C)N(Cc2nc(-c3ccccc3)cs2)C(=O)CSc2nc(C)cc(C)n2)cc1. The molecule has 0 saturated carbocycles. The second-order valence-corrected chi connectivity index (χ2v) is 11.3. The van der Waals surface area contributed by atoms with E-state index in [0.717, 1.165) is 27.7 Å². The molecule has 202 valence electrons. The van der Waals surface area contributed by atoms with E-state index in [1.54, 1.807) is 50.1 Å². The van der Waals surface area contributed by atoms with Gasteiger partial charge in [0.25, 0.3) is 0 Å². The van der Waals surface area contributed by atoms with Gasteiger partial charge in [0.2, 0.25) is 11.8 Å². The highest BCUT2D eigenvalue weighted by Crippen LogP contribution is 2.28. The van der Waals surface area contributed by atoms with Crippen LogP contribution in [0.5, 0.6) is 5.75 Å². The molecule has 0 spiro atoms. The van der Waals surface area contributed by atoms with Gasteiger partial charge in [0.1, 0.15) is 16.3 Å². The summed E-state index contributed by atoms with van der Waals surface area (Å²) in [5.74, 6) is 0.245. The lowest BCUT2D eigenvalue weighted by molar-refractivity contribution is -0.142. The van der Waals surface area contributed by atoms with Crippen molar-refractivity contribution in [2.24, 2.45) is 0 Å². The minimum absolute atomic E-state index is 0.0824. The molecule has 0 fully saturated rings. The number of ether oxygens (including phenoxy) is 1. The van der Waals surface area contributed by atoms with Crippen LogP contribution < -0.4 is 10.1 Å². The third-order valence-electron chi connectivity index (χ3n) is 6.08. The predicted octanol–water partition coefficient (Wildman–Crippen LogP) is 5.76. The molecule has 2 amide bonds. The Labute approximate surface area is 236 Å². The molecule has 0 saturated heterocycles. The highest BCUT2D eigenvalue weighted by atomic mass is 32.2. The van der Waals surface area contributed by atoms with Crippen LogP contribution in [-0.4, -0.2) is 50.1 Å². The van der Waals surface area contributed by atoms with Gasteiger partial charge in [-0.25, -0.2) is 15.0 Å². The summed E-state index contributed by atoms with van der Waals surface area (Å²) < 4.78 is 5.21. The Balaban J connectivity index is 1.57. The summed E-state index contributed by atoms with van der Waals surface area (Å²) >= 11 is 2.72. The summed E-state index contributed by atoms with van der Waals surface area (Å²) in [4.78, 5) is 42.4. The molecule has 39 heavy (non-hydrogen) atoms. The minimum Gasteiger partial charge on any atom is -0.497 e. The monoisotopic (exact) mass is 561 g/mol. The van der Waals surface area contributed by atoms with Gasteiger partial charge in [-0.1, -0.05) is 42.1 Å². The van der Waals surface area contributed by atoms with Gasteiger partial charge in [0.15, 0.2) is 5.16 Å². The van der Waals surface area contributed by atoms with E-state index in [4.69, 9.17) is 9.72 Å². The molecule has 2 aromatic heterocycles. The smallest absolute Gasteiger partial charge is 0.249 e. The van der Waals surface area contributed by atoms with E-state index in [-0.39, 0.29) is 24.1 Å².